The number of aromatic nitrogens is 1. The predicted octanol–water partition coefficient (Wildman–Crippen LogP) is 7.86. The number of carboxylic acids is 1. The lowest BCUT2D eigenvalue weighted by Gasteiger charge is -2.17. The maximum absolute atomic E-state index is 12.5. The van der Waals surface area contributed by atoms with Crippen molar-refractivity contribution < 1.29 is 19.5 Å². The molecule has 0 radical (unpaired) electrons. The zero-order valence-electron chi connectivity index (χ0n) is 25.1. The van der Waals surface area contributed by atoms with Crippen molar-refractivity contribution in [3.8, 4) is 0 Å². The highest BCUT2D eigenvalue weighted by Gasteiger charge is 2.15. The molecule has 1 atom stereocenters. The molecule has 0 saturated heterocycles. The van der Waals surface area contributed by atoms with Gasteiger partial charge in [-0.2, -0.15) is 0 Å². The Labute approximate surface area is 296 Å². The summed E-state index contributed by atoms with van der Waals surface area (Å²) in [5, 5.41) is 16.7. The predicted molar refractivity (Wildman–Crippen MR) is 200 cm³/mol. The van der Waals surface area contributed by atoms with Crippen LogP contribution in [0.4, 0.5) is 0 Å². The molecule has 0 spiro atoms. The van der Waals surface area contributed by atoms with Crippen molar-refractivity contribution in [3.05, 3.63) is 110 Å². The van der Waals surface area contributed by atoms with E-state index in [2.05, 4.69) is 44.3 Å². The van der Waals surface area contributed by atoms with Crippen LogP contribution in [0.15, 0.2) is 78.9 Å². The highest BCUT2D eigenvalue weighted by atomic mass is 127. The molecule has 11 heteroatoms. The van der Waals surface area contributed by atoms with Crippen LogP contribution in [0.2, 0.25) is 5.02 Å². The van der Waals surface area contributed by atoms with Gasteiger partial charge in [-0.1, -0.05) is 60.1 Å². The fraction of sp³-hybridized carbons (Fsp3) is 0.257. The monoisotopic (exact) mass is 787 g/mol. The molecule has 3 aromatic carbocycles. The minimum absolute atomic E-state index is 0.0234. The molecule has 1 aromatic heterocycles. The standard InChI is InChI=1S/C35H35ClIN3O4S2/c36-28-10-8-26-9-14-30(40-31(26)23-28)13-7-24-3-1-4-27(21-24)35(46-20-16-34(43)44)45-19-15-32(41)38-17-2-18-39-33(42)22-25-5-11-29(37)12-6-25/h1,3-14,21,23,35H,2,15-20,22H2,(H,38,41)(H,39,42)(H,43,44)/b13-7+/i37+0. The summed E-state index contributed by atoms with van der Waals surface area (Å²) in [5.41, 5.74) is 4.67. The summed E-state index contributed by atoms with van der Waals surface area (Å²) in [4.78, 5) is 40.5. The third-order valence-electron chi connectivity index (χ3n) is 6.76. The average molecular weight is 788 g/mol. The van der Waals surface area contributed by atoms with Gasteiger partial charge in [0.25, 0.3) is 0 Å². The Balaban J connectivity index is 1.24. The van der Waals surface area contributed by atoms with Gasteiger partial charge in [-0.3, -0.25) is 14.4 Å². The fourth-order valence-corrected chi connectivity index (χ4v) is 7.62. The van der Waals surface area contributed by atoms with E-state index in [-0.39, 0.29) is 22.8 Å². The van der Waals surface area contributed by atoms with Crippen LogP contribution in [-0.4, -0.2) is 52.5 Å². The lowest BCUT2D eigenvalue weighted by molar-refractivity contribution is -0.136. The number of aliphatic carboxylic acids is 1. The molecule has 2 amide bonds. The number of thioether (sulfide) groups is 2. The van der Waals surface area contributed by atoms with Crippen LogP contribution in [-0.2, 0) is 20.8 Å². The average Bonchev–Trinajstić information content (AvgIpc) is 3.03. The number of pyridine rings is 1. The van der Waals surface area contributed by atoms with Gasteiger partial charge in [-0.15, -0.1) is 23.5 Å². The summed E-state index contributed by atoms with van der Waals surface area (Å²) in [6.07, 6.45) is 5.36. The van der Waals surface area contributed by atoms with Gasteiger partial charge in [0.15, 0.2) is 0 Å². The molecule has 0 aliphatic carbocycles. The van der Waals surface area contributed by atoms with E-state index in [9.17, 15) is 14.4 Å². The van der Waals surface area contributed by atoms with Crippen molar-refractivity contribution in [2.75, 3.05) is 24.6 Å². The number of rotatable bonds is 17. The van der Waals surface area contributed by atoms with Crippen molar-refractivity contribution in [1.29, 1.82) is 0 Å². The third kappa shape index (κ3) is 12.6. The molecule has 4 rings (SSSR count). The zero-order valence-corrected chi connectivity index (χ0v) is 29.6. The summed E-state index contributed by atoms with van der Waals surface area (Å²) in [5.74, 6) is 0.145. The minimum atomic E-state index is -0.831. The Morgan fingerprint density at radius 1 is 0.870 bits per heavy atom. The fourth-order valence-electron chi connectivity index (χ4n) is 4.42. The molecule has 1 heterocycles. The van der Waals surface area contributed by atoms with Crippen LogP contribution in [0.1, 0.15) is 46.2 Å². The first-order valence-corrected chi connectivity index (χ1v) is 18.4. The maximum atomic E-state index is 12.5. The molecule has 0 aliphatic rings. The molecular weight excluding hydrogens is 753 g/mol. The van der Waals surface area contributed by atoms with Crippen molar-refractivity contribution in [2.45, 2.75) is 30.3 Å². The van der Waals surface area contributed by atoms with Crippen molar-refractivity contribution in [3.63, 3.8) is 0 Å². The molecule has 4 aromatic rings. The van der Waals surface area contributed by atoms with E-state index >= 15 is 0 Å². The van der Waals surface area contributed by atoms with Gasteiger partial charge >= 0.3 is 5.97 Å². The largest absolute Gasteiger partial charge is 0.481 e. The number of hydrogen-bond donors (Lipinski definition) is 3. The number of amides is 2. The molecule has 46 heavy (non-hydrogen) atoms. The number of carbonyl (C=O) groups excluding carboxylic acids is 2. The highest BCUT2D eigenvalue weighted by Crippen LogP contribution is 2.40. The number of halogens is 2. The van der Waals surface area contributed by atoms with Crippen LogP contribution >= 0.6 is 57.7 Å². The molecule has 7 nitrogen and oxygen atoms in total. The quantitative estimate of drug-likeness (QED) is 0.0569. The molecular formula is C35H35ClIN3O4S2. The molecule has 0 bridgehead atoms. The van der Waals surface area contributed by atoms with Gasteiger partial charge in [0.2, 0.25) is 11.8 Å². The summed E-state index contributed by atoms with van der Waals surface area (Å²) in [6.45, 7) is 0.980. The Bertz CT molecular complexity index is 1670. The number of benzene rings is 3. The van der Waals surface area contributed by atoms with E-state index in [1.807, 2.05) is 84.9 Å². The van der Waals surface area contributed by atoms with Gasteiger partial charge in [0.1, 0.15) is 0 Å². The van der Waals surface area contributed by atoms with E-state index < -0.39 is 5.97 Å². The van der Waals surface area contributed by atoms with Crippen LogP contribution in [0.25, 0.3) is 23.1 Å². The van der Waals surface area contributed by atoms with E-state index in [0.717, 1.165) is 36.9 Å². The van der Waals surface area contributed by atoms with Gasteiger partial charge < -0.3 is 15.7 Å². The topological polar surface area (TPSA) is 108 Å². The number of carboxylic acid groups (broad SMARTS) is 1. The van der Waals surface area contributed by atoms with Crippen molar-refractivity contribution in [1.82, 2.24) is 15.6 Å². The highest BCUT2D eigenvalue weighted by molar-refractivity contribution is 14.1. The molecule has 240 valence electrons. The normalized spacial score (nSPS) is 11.9. The minimum Gasteiger partial charge on any atom is -0.481 e. The molecule has 1 unspecified atom stereocenters. The Hall–Kier alpha value is -3.06. The smallest absolute Gasteiger partial charge is 0.304 e. The Kier molecular flexibility index (Phi) is 14.7. The van der Waals surface area contributed by atoms with Gasteiger partial charge in [-0.05, 0) is 88.2 Å². The second kappa shape index (κ2) is 18.9. The van der Waals surface area contributed by atoms with Gasteiger partial charge in [0, 0.05) is 45.0 Å². The second-order valence-electron chi connectivity index (χ2n) is 10.4. The summed E-state index contributed by atoms with van der Waals surface area (Å²) in [6, 6.07) is 25.6. The summed E-state index contributed by atoms with van der Waals surface area (Å²) in [7, 11) is 0. The third-order valence-corrected chi connectivity index (χ3v) is 10.6. The molecule has 0 saturated carbocycles. The SMILES string of the molecule is O=C(O)CCSC(SCCC(=O)NCCCNC(=O)Cc1ccc([127I])cc1)c1cccc(/C=C/c2ccc3ccc(Cl)cc3n2)c1. The first-order valence-electron chi connectivity index (χ1n) is 14.8. The lowest BCUT2D eigenvalue weighted by atomic mass is 10.1. The second-order valence-corrected chi connectivity index (χ2v) is 14.8. The Morgan fingerprint density at radius 3 is 2.35 bits per heavy atom. The van der Waals surface area contributed by atoms with Crippen LogP contribution in [0, 0.1) is 3.57 Å². The Morgan fingerprint density at radius 2 is 1.59 bits per heavy atom. The van der Waals surface area contributed by atoms with Gasteiger partial charge in [-0.25, -0.2) is 4.98 Å². The van der Waals surface area contributed by atoms with Crippen LogP contribution < -0.4 is 10.6 Å². The summed E-state index contributed by atoms with van der Waals surface area (Å²) >= 11 is 11.6. The van der Waals surface area contributed by atoms with Crippen LogP contribution in [0.5, 0.6) is 0 Å². The number of carbonyl (C=O) groups is 3. The van der Waals surface area contributed by atoms with Gasteiger partial charge in [0.05, 0.1) is 28.6 Å². The number of nitrogens with one attached hydrogen (secondary N) is 2. The van der Waals surface area contributed by atoms with Crippen molar-refractivity contribution >= 4 is 98.6 Å². The van der Waals surface area contributed by atoms with E-state index in [4.69, 9.17) is 16.7 Å². The van der Waals surface area contributed by atoms with E-state index in [1.165, 1.54) is 0 Å². The first kappa shape index (κ1) is 35.8. The molecule has 0 aliphatic heterocycles. The first-order chi connectivity index (χ1) is 22.2. The van der Waals surface area contributed by atoms with Crippen molar-refractivity contribution in [2.24, 2.45) is 0 Å². The molecule has 3 N–H and O–H groups in total. The number of fused-ring (bicyclic) bond motifs is 1. The molecule has 0 fully saturated rings. The number of hydrogen-bond acceptors (Lipinski definition) is 6. The van der Waals surface area contributed by atoms with Crippen LogP contribution in [0.3, 0.4) is 0 Å². The lowest BCUT2D eigenvalue weighted by Crippen LogP contribution is -2.30. The number of nitrogens with zero attached hydrogens (tertiary/aromatic N) is 1. The summed E-state index contributed by atoms with van der Waals surface area (Å²) < 4.78 is 1.10. The van der Waals surface area contributed by atoms with E-state index in [0.29, 0.717) is 48.9 Å². The zero-order chi connectivity index (χ0) is 32.7. The maximum Gasteiger partial charge on any atom is 0.304 e. The van der Waals surface area contributed by atoms with E-state index in [1.54, 1.807) is 23.5 Å².